The Morgan fingerprint density at radius 3 is 2.33 bits per heavy atom. The molecule has 8 heteroatoms. The molecule has 7 nitrogen and oxygen atoms in total. The van der Waals surface area contributed by atoms with Gasteiger partial charge >= 0.3 is 184 Å². The molecule has 2 fully saturated rings. The first kappa shape index (κ1) is 22.7. The van der Waals surface area contributed by atoms with Crippen molar-refractivity contribution in [2.75, 3.05) is 25.5 Å². The molecule has 1 aromatic carbocycles. The zero-order valence-electron chi connectivity index (χ0n) is 18.1. The van der Waals surface area contributed by atoms with Crippen molar-refractivity contribution < 1.29 is 23.9 Å². The molecule has 0 spiro atoms. The first-order chi connectivity index (χ1) is 14.2. The number of carbonyl (C=O) groups is 3. The Labute approximate surface area is 184 Å². The third-order valence-corrected chi connectivity index (χ3v) is 8.27. The molecule has 1 aliphatic carbocycles. The number of amides is 2. The number of anilines is 1. The number of ether oxygens (including phenoxy) is 2. The Morgan fingerprint density at radius 1 is 1.10 bits per heavy atom. The van der Waals surface area contributed by atoms with Gasteiger partial charge in [0.25, 0.3) is 0 Å². The molecule has 1 N–H and O–H groups in total. The van der Waals surface area contributed by atoms with Gasteiger partial charge in [0.05, 0.1) is 0 Å². The Bertz CT molecular complexity index is 808. The van der Waals surface area contributed by atoms with Gasteiger partial charge in [0, 0.05) is 0 Å². The fraction of sp³-hybridized carbons (Fsp3) is 0.591. The topological polar surface area (TPSA) is 84.9 Å². The van der Waals surface area contributed by atoms with Crippen LogP contribution in [0, 0.1) is 5.92 Å². The summed E-state index contributed by atoms with van der Waals surface area (Å²) >= 11 is -0.287. The maximum absolute atomic E-state index is 12.3. The van der Waals surface area contributed by atoms with Crippen LogP contribution in [-0.2, 0) is 14.3 Å². The number of benzene rings is 1. The summed E-state index contributed by atoms with van der Waals surface area (Å²) in [6.07, 6.45) is 3.40. The van der Waals surface area contributed by atoms with Gasteiger partial charge < -0.3 is 0 Å². The Balaban J connectivity index is 1.66. The molecule has 163 valence electrons. The van der Waals surface area contributed by atoms with Crippen LogP contribution in [0.5, 0.6) is 0 Å². The van der Waals surface area contributed by atoms with Crippen LogP contribution in [0.4, 0.5) is 10.5 Å². The fourth-order valence-corrected chi connectivity index (χ4v) is 6.14. The van der Waals surface area contributed by atoms with Gasteiger partial charge in [-0.05, 0) is 0 Å². The molecular formula is C22H30AsN2O5. The van der Waals surface area contributed by atoms with Crippen LogP contribution in [-0.4, -0.2) is 64.4 Å². The molecule has 2 aliphatic rings. The number of hydrogen-bond donors (Lipinski definition) is 1. The second-order valence-electron chi connectivity index (χ2n) is 8.81. The van der Waals surface area contributed by atoms with Gasteiger partial charge in [0.2, 0.25) is 0 Å². The summed E-state index contributed by atoms with van der Waals surface area (Å²) in [6.45, 7) is 6.93. The van der Waals surface area contributed by atoms with Crippen LogP contribution in [0.1, 0.15) is 56.8 Å². The Kier molecular flexibility index (Phi) is 7.12. The van der Waals surface area contributed by atoms with E-state index in [9.17, 15) is 14.4 Å². The van der Waals surface area contributed by atoms with E-state index in [2.05, 4.69) is 5.32 Å². The SMILES string of the molecule is COC(=O)c1ccc(NC(=O)C2CC2)c([As]C2CCN(C(=O)OC(C)(C)C)CC2)c1. The van der Waals surface area contributed by atoms with Gasteiger partial charge in [0.15, 0.2) is 0 Å². The molecule has 2 amide bonds. The van der Waals surface area contributed by atoms with Crippen LogP contribution in [0.3, 0.4) is 0 Å². The predicted molar refractivity (Wildman–Crippen MR) is 115 cm³/mol. The van der Waals surface area contributed by atoms with E-state index < -0.39 is 5.60 Å². The average Bonchev–Trinajstić information content (AvgIpc) is 3.53. The van der Waals surface area contributed by atoms with Gasteiger partial charge in [-0.2, -0.15) is 0 Å². The van der Waals surface area contributed by atoms with Crippen LogP contribution < -0.4 is 9.67 Å². The summed E-state index contributed by atoms with van der Waals surface area (Å²) in [5.74, 6) is -0.202. The van der Waals surface area contributed by atoms with E-state index in [-0.39, 0.29) is 39.6 Å². The number of hydrogen-bond acceptors (Lipinski definition) is 5. The predicted octanol–water partition coefficient (Wildman–Crippen LogP) is 2.97. The number of likely N-dealkylation sites (tertiary alicyclic amines) is 1. The number of nitrogens with zero attached hydrogens (tertiary/aromatic N) is 1. The molecule has 0 atom stereocenters. The number of nitrogens with one attached hydrogen (secondary N) is 1. The number of rotatable bonds is 5. The van der Waals surface area contributed by atoms with Crippen molar-refractivity contribution in [1.29, 1.82) is 0 Å². The molecule has 1 heterocycles. The summed E-state index contributed by atoms with van der Waals surface area (Å²) in [7, 11) is 1.37. The molecule has 0 aromatic heterocycles. The van der Waals surface area contributed by atoms with Gasteiger partial charge in [-0.15, -0.1) is 0 Å². The van der Waals surface area contributed by atoms with Crippen LogP contribution >= 0.6 is 0 Å². The van der Waals surface area contributed by atoms with E-state index in [1.54, 1.807) is 11.0 Å². The van der Waals surface area contributed by atoms with E-state index in [1.165, 1.54) is 7.11 Å². The minimum absolute atomic E-state index is 0.0583. The first-order valence-corrected chi connectivity index (χ1v) is 12.4. The molecule has 1 saturated heterocycles. The third kappa shape index (κ3) is 6.24. The second kappa shape index (κ2) is 9.42. The molecule has 3 rings (SSSR count). The average molecular weight is 477 g/mol. The number of piperidine rings is 1. The first-order valence-electron chi connectivity index (χ1n) is 10.4. The monoisotopic (exact) mass is 477 g/mol. The van der Waals surface area contributed by atoms with Crippen molar-refractivity contribution >= 4 is 43.8 Å². The molecule has 1 radical (unpaired) electrons. The van der Waals surface area contributed by atoms with Crippen molar-refractivity contribution in [3.63, 3.8) is 0 Å². The maximum atomic E-state index is 12.3. The zero-order chi connectivity index (χ0) is 21.9. The summed E-state index contributed by atoms with van der Waals surface area (Å²) in [4.78, 5) is 38.3. The fourth-order valence-electron chi connectivity index (χ4n) is 3.27. The summed E-state index contributed by atoms with van der Waals surface area (Å²) in [5.41, 5.74) is 0.801. The molecule has 1 saturated carbocycles. The molecular weight excluding hydrogens is 447 g/mol. The van der Waals surface area contributed by atoms with Crippen molar-refractivity contribution in [2.45, 2.75) is 56.8 Å². The molecule has 0 unspecified atom stereocenters. The minimum atomic E-state index is -0.497. The number of methoxy groups -OCH3 is 1. The van der Waals surface area contributed by atoms with Gasteiger partial charge in [-0.1, -0.05) is 0 Å². The van der Waals surface area contributed by atoms with Crippen molar-refractivity contribution in [1.82, 2.24) is 4.90 Å². The Morgan fingerprint density at radius 2 is 1.77 bits per heavy atom. The van der Waals surface area contributed by atoms with E-state index >= 15 is 0 Å². The van der Waals surface area contributed by atoms with E-state index in [4.69, 9.17) is 9.47 Å². The zero-order valence-corrected chi connectivity index (χ0v) is 19.9. The van der Waals surface area contributed by atoms with Crippen molar-refractivity contribution in [3.05, 3.63) is 23.8 Å². The number of esters is 1. The summed E-state index contributed by atoms with van der Waals surface area (Å²) in [5, 5.41) is 3.05. The third-order valence-electron chi connectivity index (χ3n) is 5.06. The molecule has 0 bridgehead atoms. The quantitative estimate of drug-likeness (QED) is 0.521. The van der Waals surface area contributed by atoms with Crippen molar-refractivity contribution in [3.8, 4) is 0 Å². The number of carbonyl (C=O) groups excluding carboxylic acids is 3. The Hall–Kier alpha value is -2.01. The summed E-state index contributed by atoms with van der Waals surface area (Å²) in [6, 6.07) is 5.37. The van der Waals surface area contributed by atoms with Crippen LogP contribution in [0.25, 0.3) is 0 Å². The summed E-state index contributed by atoms with van der Waals surface area (Å²) < 4.78 is 11.8. The van der Waals surface area contributed by atoms with Crippen LogP contribution in [0.2, 0.25) is 4.71 Å². The molecule has 1 aromatic rings. The standard InChI is InChI=1S/C22H30AsN2O5/c1-22(2,3)30-21(28)25-11-9-16(10-12-25)23-17-13-15(20(27)29-4)7-8-18(17)24-19(26)14-5-6-14/h7-8,13-14,16H,5-6,9-12H2,1-4H3,(H,24,26). The van der Waals surface area contributed by atoms with E-state index in [0.29, 0.717) is 23.4 Å². The van der Waals surface area contributed by atoms with Crippen LogP contribution in [0.15, 0.2) is 18.2 Å². The van der Waals surface area contributed by atoms with Gasteiger partial charge in [0.1, 0.15) is 0 Å². The van der Waals surface area contributed by atoms with E-state index in [1.807, 2.05) is 32.9 Å². The molecule has 1 aliphatic heterocycles. The normalized spacial score (nSPS) is 17.8. The van der Waals surface area contributed by atoms with E-state index in [0.717, 1.165) is 35.7 Å². The second-order valence-corrected chi connectivity index (χ2v) is 11.9. The molecule has 30 heavy (non-hydrogen) atoms. The van der Waals surface area contributed by atoms with Gasteiger partial charge in [-0.25, -0.2) is 0 Å². The van der Waals surface area contributed by atoms with Gasteiger partial charge in [-0.3, -0.25) is 0 Å². The van der Waals surface area contributed by atoms with Crippen molar-refractivity contribution in [2.24, 2.45) is 5.92 Å².